The van der Waals surface area contributed by atoms with Crippen molar-refractivity contribution in [3.05, 3.63) is 57.9 Å². The molecule has 0 bridgehead atoms. The topological polar surface area (TPSA) is 0 Å². The van der Waals surface area contributed by atoms with Crippen LogP contribution in [0.1, 0.15) is 21.7 Å². The molecule has 0 spiro atoms. The number of hydrogen-bond donors (Lipinski definition) is 0. The first-order valence-corrected chi connectivity index (χ1v) is 8.80. The normalized spacial score (nSPS) is 17.6. The first-order valence-electron chi connectivity index (χ1n) is 6.69. The molecule has 0 amide bonds. The SMILES string of the molecule is Clc1cccc2c3c(sc12)CCC(Br)c1ccccc1-3. The molecular weight excluding hydrogens is 352 g/mol. The molecule has 20 heavy (non-hydrogen) atoms. The second-order valence-electron chi connectivity index (χ2n) is 5.11. The molecule has 1 heterocycles. The molecule has 3 heteroatoms. The summed E-state index contributed by atoms with van der Waals surface area (Å²) in [5.74, 6) is 0. The van der Waals surface area contributed by atoms with E-state index >= 15 is 0 Å². The number of aryl methyl sites for hydroxylation is 1. The molecule has 0 nitrogen and oxygen atoms in total. The number of benzene rings is 2. The van der Waals surface area contributed by atoms with E-state index in [-0.39, 0.29) is 0 Å². The lowest BCUT2D eigenvalue weighted by atomic mass is 9.97. The van der Waals surface area contributed by atoms with Gasteiger partial charge in [0.1, 0.15) is 0 Å². The van der Waals surface area contributed by atoms with Gasteiger partial charge in [-0.05, 0) is 30.0 Å². The van der Waals surface area contributed by atoms with Crippen LogP contribution < -0.4 is 0 Å². The fraction of sp³-hybridized carbons (Fsp3) is 0.176. The Kier molecular flexibility index (Phi) is 3.13. The van der Waals surface area contributed by atoms with Crippen LogP contribution in [-0.2, 0) is 6.42 Å². The molecule has 0 aliphatic heterocycles. The average Bonchev–Trinajstić information content (AvgIpc) is 2.78. The Labute approximate surface area is 135 Å². The van der Waals surface area contributed by atoms with Gasteiger partial charge in [0, 0.05) is 20.7 Å². The second kappa shape index (κ2) is 4.87. The maximum atomic E-state index is 6.37. The predicted octanol–water partition coefficient (Wildman–Crippen LogP) is 6.60. The van der Waals surface area contributed by atoms with Gasteiger partial charge < -0.3 is 0 Å². The molecule has 1 unspecified atom stereocenters. The van der Waals surface area contributed by atoms with Crippen LogP contribution in [0.2, 0.25) is 5.02 Å². The molecule has 0 radical (unpaired) electrons. The van der Waals surface area contributed by atoms with Gasteiger partial charge >= 0.3 is 0 Å². The van der Waals surface area contributed by atoms with E-state index in [0.717, 1.165) is 17.9 Å². The summed E-state index contributed by atoms with van der Waals surface area (Å²) in [5, 5.41) is 2.17. The lowest BCUT2D eigenvalue weighted by Crippen LogP contribution is -1.90. The van der Waals surface area contributed by atoms with Gasteiger partial charge in [-0.25, -0.2) is 0 Å². The van der Waals surface area contributed by atoms with Crippen molar-refractivity contribution in [1.29, 1.82) is 0 Å². The van der Waals surface area contributed by atoms with Crippen molar-refractivity contribution in [2.75, 3.05) is 0 Å². The molecule has 2 aromatic carbocycles. The summed E-state index contributed by atoms with van der Waals surface area (Å²) in [5.41, 5.74) is 4.14. The molecule has 1 aliphatic carbocycles. The van der Waals surface area contributed by atoms with Gasteiger partial charge in [-0.3, -0.25) is 0 Å². The van der Waals surface area contributed by atoms with Crippen LogP contribution in [0.3, 0.4) is 0 Å². The number of halogens is 2. The molecule has 0 N–H and O–H groups in total. The van der Waals surface area contributed by atoms with Crippen LogP contribution >= 0.6 is 38.9 Å². The first-order chi connectivity index (χ1) is 9.75. The van der Waals surface area contributed by atoms with Gasteiger partial charge in [-0.15, -0.1) is 11.3 Å². The van der Waals surface area contributed by atoms with Crippen molar-refractivity contribution in [3.63, 3.8) is 0 Å². The van der Waals surface area contributed by atoms with Gasteiger partial charge in [0.25, 0.3) is 0 Å². The monoisotopic (exact) mass is 362 g/mol. The fourth-order valence-electron chi connectivity index (χ4n) is 3.02. The predicted molar refractivity (Wildman–Crippen MR) is 92.3 cm³/mol. The smallest absolute Gasteiger partial charge is 0.0584 e. The van der Waals surface area contributed by atoms with Gasteiger partial charge in [-0.2, -0.15) is 0 Å². The molecule has 100 valence electrons. The van der Waals surface area contributed by atoms with Crippen LogP contribution in [-0.4, -0.2) is 0 Å². The highest BCUT2D eigenvalue weighted by Gasteiger charge is 2.24. The zero-order valence-electron chi connectivity index (χ0n) is 10.7. The summed E-state index contributed by atoms with van der Waals surface area (Å²) in [6.45, 7) is 0. The Bertz CT molecular complexity index is 806. The van der Waals surface area contributed by atoms with Crippen molar-refractivity contribution in [3.8, 4) is 11.1 Å². The average molecular weight is 364 g/mol. The summed E-state index contributed by atoms with van der Waals surface area (Å²) in [6.07, 6.45) is 2.24. The first kappa shape index (κ1) is 12.9. The molecule has 3 aromatic rings. The van der Waals surface area contributed by atoms with E-state index in [1.54, 1.807) is 0 Å². The van der Waals surface area contributed by atoms with Gasteiger partial charge in [0.2, 0.25) is 0 Å². The minimum atomic E-state index is 0.438. The third-order valence-electron chi connectivity index (χ3n) is 3.93. The van der Waals surface area contributed by atoms with E-state index in [9.17, 15) is 0 Å². The standard InChI is InChI=1S/C17H12BrClS/c18-13-8-9-15-16(11-5-2-1-4-10(11)13)12-6-3-7-14(19)17(12)20-15/h1-7,13H,8-9H2. The van der Waals surface area contributed by atoms with Gasteiger partial charge in [-0.1, -0.05) is 63.9 Å². The highest BCUT2D eigenvalue weighted by molar-refractivity contribution is 9.09. The Morgan fingerprint density at radius 1 is 1.10 bits per heavy atom. The third kappa shape index (κ3) is 1.86. The molecule has 4 rings (SSSR count). The largest absolute Gasteiger partial charge is 0.138 e. The Morgan fingerprint density at radius 2 is 1.95 bits per heavy atom. The van der Waals surface area contributed by atoms with Gasteiger partial charge in [0.15, 0.2) is 0 Å². The summed E-state index contributed by atoms with van der Waals surface area (Å²) in [6, 6.07) is 15.0. The molecule has 0 saturated carbocycles. The summed E-state index contributed by atoms with van der Waals surface area (Å²) >= 11 is 12.1. The van der Waals surface area contributed by atoms with Crippen LogP contribution in [0.15, 0.2) is 42.5 Å². The summed E-state index contributed by atoms with van der Waals surface area (Å²) < 4.78 is 1.22. The van der Waals surface area contributed by atoms with E-state index in [2.05, 4.69) is 52.3 Å². The van der Waals surface area contributed by atoms with Crippen molar-refractivity contribution < 1.29 is 0 Å². The van der Waals surface area contributed by atoms with E-state index < -0.39 is 0 Å². The molecular formula is C17H12BrClS. The minimum absolute atomic E-state index is 0.438. The fourth-order valence-corrected chi connectivity index (χ4v) is 5.17. The molecule has 1 atom stereocenters. The van der Waals surface area contributed by atoms with Crippen LogP contribution in [0.25, 0.3) is 21.2 Å². The Morgan fingerprint density at radius 3 is 2.85 bits per heavy atom. The minimum Gasteiger partial charge on any atom is -0.138 e. The Hall–Kier alpha value is -0.830. The third-order valence-corrected chi connectivity index (χ3v) is 6.61. The maximum absolute atomic E-state index is 6.37. The van der Waals surface area contributed by atoms with Gasteiger partial charge in [0.05, 0.1) is 9.72 Å². The number of rotatable bonds is 0. The lowest BCUT2D eigenvalue weighted by molar-refractivity contribution is 0.836. The number of fused-ring (bicyclic) bond motifs is 5. The van der Waals surface area contributed by atoms with Crippen molar-refractivity contribution in [1.82, 2.24) is 0 Å². The number of hydrogen-bond acceptors (Lipinski definition) is 1. The van der Waals surface area contributed by atoms with E-state index in [1.165, 1.54) is 31.7 Å². The van der Waals surface area contributed by atoms with Crippen molar-refractivity contribution >= 4 is 49.0 Å². The van der Waals surface area contributed by atoms with Crippen molar-refractivity contribution in [2.45, 2.75) is 17.7 Å². The van der Waals surface area contributed by atoms with Crippen LogP contribution in [0, 0.1) is 0 Å². The zero-order valence-corrected chi connectivity index (χ0v) is 13.9. The number of thiophene rings is 1. The highest BCUT2D eigenvalue weighted by atomic mass is 79.9. The van der Waals surface area contributed by atoms with Crippen LogP contribution in [0.4, 0.5) is 0 Å². The molecule has 0 saturated heterocycles. The molecule has 1 aliphatic rings. The molecule has 1 aromatic heterocycles. The van der Waals surface area contributed by atoms with E-state index in [0.29, 0.717) is 4.83 Å². The zero-order chi connectivity index (χ0) is 13.7. The maximum Gasteiger partial charge on any atom is 0.0584 e. The molecule has 0 fully saturated rings. The van der Waals surface area contributed by atoms with E-state index in [4.69, 9.17) is 11.6 Å². The van der Waals surface area contributed by atoms with Crippen LogP contribution in [0.5, 0.6) is 0 Å². The quantitative estimate of drug-likeness (QED) is 0.394. The second-order valence-corrected chi connectivity index (χ2v) is 7.73. The lowest BCUT2D eigenvalue weighted by Gasteiger charge is -2.11. The number of alkyl halides is 1. The van der Waals surface area contributed by atoms with Crippen molar-refractivity contribution in [2.24, 2.45) is 0 Å². The summed E-state index contributed by atoms with van der Waals surface area (Å²) in [7, 11) is 0. The van der Waals surface area contributed by atoms with E-state index in [1.807, 2.05) is 17.4 Å². The summed E-state index contributed by atoms with van der Waals surface area (Å²) in [4.78, 5) is 1.90. The Balaban J connectivity index is 2.12. The highest BCUT2D eigenvalue weighted by Crippen LogP contribution is 2.48.